The lowest BCUT2D eigenvalue weighted by Crippen LogP contribution is -2.39. The number of carbonyl (C=O) groups is 1. The van der Waals surface area contributed by atoms with Crippen LogP contribution in [0.15, 0.2) is 35.3 Å². The minimum Gasteiger partial charge on any atom is -0.356 e. The van der Waals surface area contributed by atoms with E-state index in [4.69, 9.17) is 0 Å². The summed E-state index contributed by atoms with van der Waals surface area (Å²) in [4.78, 5) is 18.3. The molecule has 1 aliphatic carbocycles. The van der Waals surface area contributed by atoms with E-state index >= 15 is 0 Å². The predicted octanol–water partition coefficient (Wildman–Crippen LogP) is 2.00. The highest BCUT2D eigenvalue weighted by atomic mass is 16.1. The Morgan fingerprint density at radius 2 is 1.87 bits per heavy atom. The minimum absolute atomic E-state index is 0.224. The van der Waals surface area contributed by atoms with Crippen LogP contribution in [0.2, 0.25) is 0 Å². The maximum absolute atomic E-state index is 11.7. The Hall–Kier alpha value is -2.04. The Bertz CT molecular complexity index is 509. The Balaban J connectivity index is 1.66. The van der Waals surface area contributed by atoms with Crippen molar-refractivity contribution in [3.63, 3.8) is 0 Å². The molecule has 0 unspecified atom stereocenters. The van der Waals surface area contributed by atoms with E-state index in [-0.39, 0.29) is 11.8 Å². The lowest BCUT2D eigenvalue weighted by Gasteiger charge is -2.24. The number of rotatable bonds is 7. The lowest BCUT2D eigenvalue weighted by molar-refractivity contribution is -0.127. The molecule has 0 aliphatic heterocycles. The second-order valence-corrected chi connectivity index (χ2v) is 6.22. The molecule has 1 aromatic rings. The third-order valence-corrected chi connectivity index (χ3v) is 4.09. The van der Waals surface area contributed by atoms with Gasteiger partial charge >= 0.3 is 0 Å². The molecule has 1 aromatic carbocycles. The van der Waals surface area contributed by atoms with Crippen LogP contribution in [0, 0.1) is 5.92 Å². The highest BCUT2D eigenvalue weighted by Crippen LogP contribution is 2.25. The topological polar surface area (TPSA) is 56.7 Å². The van der Waals surface area contributed by atoms with Gasteiger partial charge in [-0.25, -0.2) is 4.99 Å². The summed E-state index contributed by atoms with van der Waals surface area (Å²) in [6, 6.07) is 10.2. The SMILES string of the molecule is CN(C)C(=NCc1ccccc1)NCCCNC(=O)C1CCC1. The van der Waals surface area contributed by atoms with Crippen LogP contribution < -0.4 is 10.6 Å². The molecular weight excluding hydrogens is 288 g/mol. The monoisotopic (exact) mass is 316 g/mol. The van der Waals surface area contributed by atoms with Gasteiger partial charge in [0.1, 0.15) is 0 Å². The van der Waals surface area contributed by atoms with E-state index in [2.05, 4.69) is 27.8 Å². The van der Waals surface area contributed by atoms with Crippen LogP contribution in [0.3, 0.4) is 0 Å². The summed E-state index contributed by atoms with van der Waals surface area (Å²) in [6.07, 6.45) is 4.21. The van der Waals surface area contributed by atoms with Crippen molar-refractivity contribution in [2.75, 3.05) is 27.2 Å². The van der Waals surface area contributed by atoms with Crippen molar-refractivity contribution in [1.29, 1.82) is 0 Å². The first-order chi connectivity index (χ1) is 11.2. The van der Waals surface area contributed by atoms with E-state index in [1.165, 1.54) is 12.0 Å². The highest BCUT2D eigenvalue weighted by molar-refractivity contribution is 5.80. The van der Waals surface area contributed by atoms with Gasteiger partial charge in [0.15, 0.2) is 5.96 Å². The summed E-state index contributed by atoms with van der Waals surface area (Å²) in [6.45, 7) is 2.19. The molecule has 0 atom stereocenters. The van der Waals surface area contributed by atoms with Crippen LogP contribution in [-0.4, -0.2) is 44.0 Å². The van der Waals surface area contributed by atoms with Crippen LogP contribution in [0.25, 0.3) is 0 Å². The van der Waals surface area contributed by atoms with Gasteiger partial charge in [0.05, 0.1) is 6.54 Å². The fourth-order valence-corrected chi connectivity index (χ4v) is 2.42. The second kappa shape index (κ2) is 9.18. The Kier molecular flexibility index (Phi) is 6.91. The predicted molar refractivity (Wildman–Crippen MR) is 94.2 cm³/mol. The molecule has 126 valence electrons. The van der Waals surface area contributed by atoms with Gasteiger partial charge in [-0.3, -0.25) is 4.79 Å². The fraction of sp³-hybridized carbons (Fsp3) is 0.556. The number of amides is 1. The zero-order chi connectivity index (χ0) is 16.5. The average Bonchev–Trinajstić information content (AvgIpc) is 2.48. The smallest absolute Gasteiger partial charge is 0.223 e. The maximum Gasteiger partial charge on any atom is 0.223 e. The van der Waals surface area contributed by atoms with Gasteiger partial charge in [0.25, 0.3) is 0 Å². The van der Waals surface area contributed by atoms with Crippen molar-refractivity contribution < 1.29 is 4.79 Å². The number of nitrogens with one attached hydrogen (secondary N) is 2. The van der Waals surface area contributed by atoms with Gasteiger partial charge in [-0.2, -0.15) is 0 Å². The molecule has 0 aromatic heterocycles. The van der Waals surface area contributed by atoms with Gasteiger partial charge in [0.2, 0.25) is 5.91 Å². The van der Waals surface area contributed by atoms with Crippen LogP contribution >= 0.6 is 0 Å². The highest BCUT2D eigenvalue weighted by Gasteiger charge is 2.24. The van der Waals surface area contributed by atoms with E-state index in [1.807, 2.05) is 37.2 Å². The average molecular weight is 316 g/mol. The molecule has 0 spiro atoms. The molecule has 5 nitrogen and oxygen atoms in total. The molecule has 5 heteroatoms. The molecule has 0 radical (unpaired) electrons. The van der Waals surface area contributed by atoms with Crippen LogP contribution in [0.5, 0.6) is 0 Å². The fourth-order valence-electron chi connectivity index (χ4n) is 2.42. The van der Waals surface area contributed by atoms with E-state index in [9.17, 15) is 4.79 Å². The van der Waals surface area contributed by atoms with E-state index in [0.717, 1.165) is 38.3 Å². The summed E-state index contributed by atoms with van der Waals surface area (Å²) in [5, 5.41) is 6.36. The van der Waals surface area contributed by atoms with E-state index in [1.54, 1.807) is 0 Å². The first-order valence-electron chi connectivity index (χ1n) is 8.44. The third kappa shape index (κ3) is 5.93. The van der Waals surface area contributed by atoms with Gasteiger partial charge in [-0.05, 0) is 24.8 Å². The van der Waals surface area contributed by atoms with Gasteiger partial charge in [-0.1, -0.05) is 36.8 Å². The quantitative estimate of drug-likeness (QED) is 0.459. The van der Waals surface area contributed by atoms with Crippen molar-refractivity contribution >= 4 is 11.9 Å². The van der Waals surface area contributed by atoms with Crippen LogP contribution in [0.1, 0.15) is 31.2 Å². The van der Waals surface area contributed by atoms with Gasteiger partial charge in [-0.15, -0.1) is 0 Å². The molecule has 0 saturated heterocycles. The number of nitrogens with zero attached hydrogens (tertiary/aromatic N) is 2. The standard InChI is InChI=1S/C18H28N4O/c1-22(2)18(21-14-15-8-4-3-5-9-15)20-13-7-12-19-17(23)16-10-6-11-16/h3-5,8-9,16H,6-7,10-14H2,1-2H3,(H,19,23)(H,20,21). The van der Waals surface area contributed by atoms with E-state index < -0.39 is 0 Å². The Morgan fingerprint density at radius 1 is 1.17 bits per heavy atom. The molecule has 0 heterocycles. The molecule has 0 bridgehead atoms. The Labute approximate surface area is 139 Å². The summed E-state index contributed by atoms with van der Waals surface area (Å²) < 4.78 is 0. The van der Waals surface area contributed by atoms with Crippen molar-refractivity contribution in [2.45, 2.75) is 32.2 Å². The number of carbonyl (C=O) groups excluding carboxylic acids is 1. The van der Waals surface area contributed by atoms with Crippen molar-refractivity contribution in [3.8, 4) is 0 Å². The second-order valence-electron chi connectivity index (χ2n) is 6.22. The lowest BCUT2D eigenvalue weighted by atomic mass is 9.85. The molecule has 23 heavy (non-hydrogen) atoms. The third-order valence-electron chi connectivity index (χ3n) is 4.09. The number of guanidine groups is 1. The van der Waals surface area contributed by atoms with Crippen molar-refractivity contribution in [2.24, 2.45) is 10.9 Å². The zero-order valence-corrected chi connectivity index (χ0v) is 14.2. The molecule has 2 rings (SSSR count). The number of aliphatic imine (C=N–C) groups is 1. The number of benzene rings is 1. The zero-order valence-electron chi connectivity index (χ0n) is 14.2. The normalized spacial score (nSPS) is 15.0. The molecule has 1 amide bonds. The first kappa shape index (κ1) is 17.3. The largest absolute Gasteiger partial charge is 0.356 e. The molecule has 2 N–H and O–H groups in total. The number of hydrogen-bond acceptors (Lipinski definition) is 2. The van der Waals surface area contributed by atoms with Crippen molar-refractivity contribution in [3.05, 3.63) is 35.9 Å². The summed E-state index contributed by atoms with van der Waals surface area (Å²) in [7, 11) is 3.96. The van der Waals surface area contributed by atoms with Crippen molar-refractivity contribution in [1.82, 2.24) is 15.5 Å². The molecule has 1 aliphatic rings. The number of hydrogen-bond donors (Lipinski definition) is 2. The summed E-state index contributed by atoms with van der Waals surface area (Å²) in [5.74, 6) is 1.37. The summed E-state index contributed by atoms with van der Waals surface area (Å²) >= 11 is 0. The maximum atomic E-state index is 11.7. The van der Waals surface area contributed by atoms with Crippen LogP contribution in [-0.2, 0) is 11.3 Å². The minimum atomic E-state index is 0.224. The van der Waals surface area contributed by atoms with E-state index in [0.29, 0.717) is 6.54 Å². The molecular formula is C18H28N4O. The Morgan fingerprint density at radius 3 is 2.48 bits per heavy atom. The van der Waals surface area contributed by atoms with Crippen LogP contribution in [0.4, 0.5) is 0 Å². The first-order valence-corrected chi connectivity index (χ1v) is 8.44. The summed E-state index contributed by atoms with van der Waals surface area (Å²) in [5.41, 5.74) is 1.20. The van der Waals surface area contributed by atoms with Gasteiger partial charge in [0, 0.05) is 33.1 Å². The molecule has 1 saturated carbocycles. The molecule has 1 fully saturated rings. The van der Waals surface area contributed by atoms with Gasteiger partial charge < -0.3 is 15.5 Å².